The van der Waals surface area contributed by atoms with Gasteiger partial charge in [0.05, 0.1) is 6.54 Å². The monoisotopic (exact) mass is 253 g/mol. The number of hydrogen-bond donors (Lipinski definition) is 1. The first-order valence-corrected chi connectivity index (χ1v) is 6.02. The number of aryl methyl sites for hydroxylation is 1. The summed E-state index contributed by atoms with van der Waals surface area (Å²) < 4.78 is 5.33. The Labute approximate surface area is 106 Å². The zero-order chi connectivity index (χ0) is 13.7. The van der Waals surface area contributed by atoms with E-state index in [9.17, 15) is 9.59 Å². The van der Waals surface area contributed by atoms with E-state index >= 15 is 0 Å². The van der Waals surface area contributed by atoms with Gasteiger partial charge in [0, 0.05) is 13.5 Å². The summed E-state index contributed by atoms with van der Waals surface area (Å²) in [5, 5.41) is 8.90. The number of amides is 1. The average Bonchev–Trinajstić information content (AvgIpc) is 2.67. The third-order valence-electron chi connectivity index (χ3n) is 2.76. The first-order chi connectivity index (χ1) is 8.45. The Morgan fingerprint density at radius 2 is 2.11 bits per heavy atom. The van der Waals surface area contributed by atoms with Crippen LogP contribution in [0.15, 0.2) is 10.5 Å². The molecule has 0 aromatic carbocycles. The summed E-state index contributed by atoms with van der Waals surface area (Å²) >= 11 is 0. The predicted molar refractivity (Wildman–Crippen MR) is 66.4 cm³/mol. The lowest BCUT2D eigenvalue weighted by Crippen LogP contribution is -2.25. The molecule has 5 heteroatoms. The number of furan rings is 1. The largest absolute Gasteiger partial charge is 0.478 e. The minimum Gasteiger partial charge on any atom is -0.478 e. The van der Waals surface area contributed by atoms with Crippen molar-refractivity contribution in [2.45, 2.75) is 39.7 Å². The molecule has 0 saturated heterocycles. The molecule has 18 heavy (non-hydrogen) atoms. The molecule has 0 aliphatic heterocycles. The van der Waals surface area contributed by atoms with Crippen molar-refractivity contribution in [2.75, 3.05) is 7.05 Å². The Morgan fingerprint density at radius 3 is 2.61 bits per heavy atom. The van der Waals surface area contributed by atoms with Gasteiger partial charge in [-0.25, -0.2) is 4.79 Å². The Hall–Kier alpha value is -1.78. The smallest absolute Gasteiger partial charge is 0.339 e. The van der Waals surface area contributed by atoms with Crippen LogP contribution in [-0.2, 0) is 11.3 Å². The van der Waals surface area contributed by atoms with Gasteiger partial charge in [0.2, 0.25) is 5.91 Å². The van der Waals surface area contributed by atoms with Crippen molar-refractivity contribution in [2.24, 2.45) is 0 Å². The molecule has 0 fully saturated rings. The molecular formula is C13H19NO4. The third-order valence-corrected chi connectivity index (χ3v) is 2.76. The van der Waals surface area contributed by atoms with Crippen LogP contribution in [0.1, 0.15) is 48.1 Å². The van der Waals surface area contributed by atoms with E-state index in [1.54, 1.807) is 18.9 Å². The zero-order valence-corrected chi connectivity index (χ0v) is 11.0. The van der Waals surface area contributed by atoms with Crippen molar-refractivity contribution in [3.8, 4) is 0 Å². The molecule has 0 aliphatic carbocycles. The lowest BCUT2D eigenvalue weighted by Gasteiger charge is -2.15. The number of hydrogen-bond acceptors (Lipinski definition) is 3. The number of aromatic carboxylic acids is 1. The molecule has 0 bridgehead atoms. The highest BCUT2D eigenvalue weighted by Gasteiger charge is 2.16. The second kappa shape index (κ2) is 6.23. The quantitative estimate of drug-likeness (QED) is 0.845. The van der Waals surface area contributed by atoms with E-state index < -0.39 is 5.97 Å². The van der Waals surface area contributed by atoms with Crippen LogP contribution in [0.2, 0.25) is 0 Å². The van der Waals surface area contributed by atoms with Crippen molar-refractivity contribution >= 4 is 11.9 Å². The van der Waals surface area contributed by atoms with E-state index in [2.05, 4.69) is 0 Å². The van der Waals surface area contributed by atoms with Crippen LogP contribution in [0.4, 0.5) is 0 Å². The van der Waals surface area contributed by atoms with Gasteiger partial charge in [0.15, 0.2) is 0 Å². The Kier molecular flexibility index (Phi) is 4.95. The fraction of sp³-hybridized carbons (Fsp3) is 0.538. The van der Waals surface area contributed by atoms with Gasteiger partial charge < -0.3 is 14.4 Å². The minimum absolute atomic E-state index is 0.0442. The lowest BCUT2D eigenvalue weighted by atomic mass is 10.2. The molecule has 100 valence electrons. The van der Waals surface area contributed by atoms with Crippen LogP contribution in [-0.4, -0.2) is 28.9 Å². The minimum atomic E-state index is -1.01. The highest BCUT2D eigenvalue weighted by atomic mass is 16.4. The van der Waals surface area contributed by atoms with E-state index in [0.29, 0.717) is 24.5 Å². The number of carbonyl (C=O) groups is 2. The molecule has 1 N–H and O–H groups in total. The predicted octanol–water partition coefficient (Wildman–Crippen LogP) is 2.43. The van der Waals surface area contributed by atoms with Crippen LogP contribution in [0.25, 0.3) is 0 Å². The molecule has 1 aromatic heterocycles. The second-order valence-electron chi connectivity index (χ2n) is 4.34. The molecule has 1 rings (SSSR count). The maximum absolute atomic E-state index is 11.7. The molecule has 0 aliphatic rings. The summed E-state index contributed by atoms with van der Waals surface area (Å²) in [7, 11) is 1.69. The number of unbranched alkanes of at least 4 members (excludes halogenated alkanes) is 1. The zero-order valence-electron chi connectivity index (χ0n) is 11.0. The van der Waals surface area contributed by atoms with Crippen molar-refractivity contribution in [1.82, 2.24) is 4.90 Å². The Morgan fingerprint density at radius 1 is 1.44 bits per heavy atom. The fourth-order valence-electron chi connectivity index (χ4n) is 1.67. The lowest BCUT2D eigenvalue weighted by molar-refractivity contribution is -0.130. The van der Waals surface area contributed by atoms with Crippen molar-refractivity contribution in [1.29, 1.82) is 0 Å². The van der Waals surface area contributed by atoms with Crippen molar-refractivity contribution < 1.29 is 19.1 Å². The van der Waals surface area contributed by atoms with Gasteiger partial charge in [-0.1, -0.05) is 13.3 Å². The van der Waals surface area contributed by atoms with E-state index in [1.165, 1.54) is 6.07 Å². The highest BCUT2D eigenvalue weighted by Crippen LogP contribution is 2.16. The Balaban J connectivity index is 2.64. The van der Waals surface area contributed by atoms with Gasteiger partial charge in [0.1, 0.15) is 17.1 Å². The van der Waals surface area contributed by atoms with E-state index in [-0.39, 0.29) is 11.5 Å². The molecule has 1 amide bonds. The summed E-state index contributed by atoms with van der Waals surface area (Å²) in [4.78, 5) is 24.1. The maximum atomic E-state index is 11.7. The summed E-state index contributed by atoms with van der Waals surface area (Å²) in [6.07, 6.45) is 2.35. The molecule has 0 radical (unpaired) electrons. The molecule has 0 atom stereocenters. The number of carboxylic acids is 1. The van der Waals surface area contributed by atoms with Crippen LogP contribution >= 0.6 is 0 Å². The normalized spacial score (nSPS) is 10.4. The third kappa shape index (κ3) is 3.61. The number of carboxylic acid groups (broad SMARTS) is 1. The summed E-state index contributed by atoms with van der Waals surface area (Å²) in [6, 6.07) is 1.47. The average molecular weight is 253 g/mol. The molecular weight excluding hydrogens is 234 g/mol. The first-order valence-electron chi connectivity index (χ1n) is 6.02. The fourth-order valence-corrected chi connectivity index (χ4v) is 1.67. The SMILES string of the molecule is CCCCC(=O)N(C)Cc1cc(C(=O)O)c(C)o1. The number of carbonyl (C=O) groups excluding carboxylic acids is 1. The molecule has 5 nitrogen and oxygen atoms in total. The molecule has 0 spiro atoms. The summed E-state index contributed by atoms with van der Waals surface area (Å²) in [6.45, 7) is 3.94. The summed E-state index contributed by atoms with van der Waals surface area (Å²) in [5.41, 5.74) is 0.152. The van der Waals surface area contributed by atoms with Crippen molar-refractivity contribution in [3.63, 3.8) is 0 Å². The standard InChI is InChI=1S/C13H19NO4/c1-4-5-6-12(15)14(3)8-10-7-11(13(16)17)9(2)18-10/h7H,4-6,8H2,1-3H3,(H,16,17). The molecule has 1 heterocycles. The van der Waals surface area contributed by atoms with Gasteiger partial charge in [-0.3, -0.25) is 4.79 Å². The maximum Gasteiger partial charge on any atom is 0.339 e. The van der Waals surface area contributed by atoms with Crippen LogP contribution in [0.3, 0.4) is 0 Å². The van der Waals surface area contributed by atoms with E-state index in [4.69, 9.17) is 9.52 Å². The topological polar surface area (TPSA) is 70.8 Å². The van der Waals surface area contributed by atoms with E-state index in [0.717, 1.165) is 12.8 Å². The van der Waals surface area contributed by atoms with Gasteiger partial charge in [-0.2, -0.15) is 0 Å². The van der Waals surface area contributed by atoms with Gasteiger partial charge >= 0.3 is 5.97 Å². The highest BCUT2D eigenvalue weighted by molar-refractivity contribution is 5.88. The van der Waals surface area contributed by atoms with Crippen LogP contribution in [0, 0.1) is 6.92 Å². The van der Waals surface area contributed by atoms with Crippen molar-refractivity contribution in [3.05, 3.63) is 23.2 Å². The first kappa shape index (κ1) is 14.3. The summed E-state index contributed by atoms with van der Waals surface area (Å²) in [5.74, 6) is -0.102. The van der Waals surface area contributed by atoms with Crippen LogP contribution in [0.5, 0.6) is 0 Å². The molecule has 0 unspecified atom stereocenters. The second-order valence-corrected chi connectivity index (χ2v) is 4.34. The number of rotatable bonds is 6. The van der Waals surface area contributed by atoms with Gasteiger partial charge in [-0.15, -0.1) is 0 Å². The van der Waals surface area contributed by atoms with Crippen LogP contribution < -0.4 is 0 Å². The van der Waals surface area contributed by atoms with E-state index in [1.807, 2.05) is 6.92 Å². The number of nitrogens with zero attached hydrogens (tertiary/aromatic N) is 1. The molecule has 0 saturated carbocycles. The van der Waals surface area contributed by atoms with Gasteiger partial charge in [-0.05, 0) is 19.4 Å². The van der Waals surface area contributed by atoms with Gasteiger partial charge in [0.25, 0.3) is 0 Å². The molecule has 1 aromatic rings. The Bertz CT molecular complexity index is 436.